The maximum atomic E-state index is 13.2. The highest BCUT2D eigenvalue weighted by atomic mass is 32.2. The average Bonchev–Trinajstić information content (AvgIpc) is 3.24. The van der Waals surface area contributed by atoms with Crippen LogP contribution in [0, 0.1) is 5.92 Å². The fourth-order valence-corrected chi connectivity index (χ4v) is 4.32. The predicted molar refractivity (Wildman–Crippen MR) is 139 cm³/mol. The highest BCUT2D eigenvalue weighted by Gasteiger charge is 2.30. The molecule has 0 fully saturated rings. The number of thioether (sulfide) groups is 1. The number of likely N-dealkylation sites (N-methyl/N-ethyl adjacent to an activating group) is 1. The number of hydrogen-bond donors (Lipinski definition) is 6. The maximum Gasteiger partial charge on any atom is 0.244 e. The number of aromatic nitrogens is 1. The van der Waals surface area contributed by atoms with Crippen molar-refractivity contribution in [2.75, 3.05) is 25.6 Å². The zero-order valence-electron chi connectivity index (χ0n) is 20.6. The van der Waals surface area contributed by atoms with E-state index < -0.39 is 35.8 Å². The van der Waals surface area contributed by atoms with Crippen molar-refractivity contribution in [2.24, 2.45) is 11.7 Å². The molecule has 1 heterocycles. The molecule has 0 saturated carbocycles. The van der Waals surface area contributed by atoms with Gasteiger partial charge in [-0.05, 0) is 30.2 Å². The molecule has 0 aliphatic carbocycles. The van der Waals surface area contributed by atoms with Crippen LogP contribution in [0.3, 0.4) is 0 Å². The van der Waals surface area contributed by atoms with Crippen molar-refractivity contribution >= 4 is 46.3 Å². The summed E-state index contributed by atoms with van der Waals surface area (Å²) < 4.78 is 0. The van der Waals surface area contributed by atoms with Crippen LogP contribution < -0.4 is 27.0 Å². The first-order chi connectivity index (χ1) is 16.7. The molecular formula is C24H36N6O4S. The number of hydrogen-bond acceptors (Lipinski definition) is 6. The molecule has 3 atom stereocenters. The van der Waals surface area contributed by atoms with E-state index >= 15 is 0 Å². The lowest BCUT2D eigenvalue weighted by molar-refractivity contribution is -0.133. The van der Waals surface area contributed by atoms with Crippen LogP contribution in [0.1, 0.15) is 25.8 Å². The molecule has 0 aliphatic heterocycles. The molecule has 0 saturated heterocycles. The summed E-state index contributed by atoms with van der Waals surface area (Å²) in [6.45, 7) is 3.62. The second-order valence-electron chi connectivity index (χ2n) is 8.71. The van der Waals surface area contributed by atoms with Gasteiger partial charge in [0, 0.05) is 36.3 Å². The first kappa shape index (κ1) is 28.2. The number of nitrogens with two attached hydrogens (primary N) is 1. The van der Waals surface area contributed by atoms with E-state index in [1.807, 2.05) is 50.6 Å². The van der Waals surface area contributed by atoms with E-state index in [0.29, 0.717) is 12.2 Å². The van der Waals surface area contributed by atoms with E-state index in [4.69, 9.17) is 5.73 Å². The summed E-state index contributed by atoms with van der Waals surface area (Å²) in [7, 11) is 1.51. The van der Waals surface area contributed by atoms with Crippen molar-refractivity contribution in [3.05, 3.63) is 36.0 Å². The number of carbonyl (C=O) groups is 4. The molecule has 7 N–H and O–H groups in total. The fraction of sp³-hybridized carbons (Fsp3) is 0.500. The zero-order valence-corrected chi connectivity index (χ0v) is 21.5. The van der Waals surface area contributed by atoms with Gasteiger partial charge in [-0.15, -0.1) is 0 Å². The Morgan fingerprint density at radius 2 is 1.63 bits per heavy atom. The molecule has 1 aromatic carbocycles. The highest BCUT2D eigenvalue weighted by Crippen LogP contribution is 2.19. The Hall–Kier alpha value is -3.05. The van der Waals surface area contributed by atoms with Crippen LogP contribution in [-0.2, 0) is 25.6 Å². The van der Waals surface area contributed by atoms with Gasteiger partial charge in [-0.25, -0.2) is 0 Å². The summed E-state index contributed by atoms with van der Waals surface area (Å²) in [5.41, 5.74) is 7.21. The lowest BCUT2D eigenvalue weighted by Crippen LogP contribution is -2.58. The maximum absolute atomic E-state index is 13.2. The quantitative estimate of drug-likeness (QED) is 0.230. The van der Waals surface area contributed by atoms with Gasteiger partial charge in [-0.3, -0.25) is 19.2 Å². The van der Waals surface area contributed by atoms with Gasteiger partial charge in [0.1, 0.15) is 18.1 Å². The van der Waals surface area contributed by atoms with Crippen LogP contribution in [0.15, 0.2) is 30.5 Å². The first-order valence-electron chi connectivity index (χ1n) is 11.6. The van der Waals surface area contributed by atoms with Crippen molar-refractivity contribution in [1.29, 1.82) is 0 Å². The average molecular weight is 505 g/mol. The third kappa shape index (κ3) is 8.29. The zero-order chi connectivity index (χ0) is 26.0. The van der Waals surface area contributed by atoms with Crippen molar-refractivity contribution < 1.29 is 19.2 Å². The fourth-order valence-electron chi connectivity index (χ4n) is 3.75. The Balaban J connectivity index is 2.17. The van der Waals surface area contributed by atoms with E-state index in [-0.39, 0.29) is 24.8 Å². The Morgan fingerprint density at radius 3 is 2.26 bits per heavy atom. The van der Waals surface area contributed by atoms with Crippen molar-refractivity contribution in [3.63, 3.8) is 0 Å². The van der Waals surface area contributed by atoms with Gasteiger partial charge >= 0.3 is 0 Å². The van der Waals surface area contributed by atoms with Gasteiger partial charge in [0.15, 0.2) is 0 Å². The minimum Gasteiger partial charge on any atom is -0.361 e. The van der Waals surface area contributed by atoms with Crippen LogP contribution in [0.4, 0.5) is 0 Å². The van der Waals surface area contributed by atoms with Crippen molar-refractivity contribution in [2.45, 2.75) is 44.8 Å². The SMILES string of the molecule is CNC(=O)[C@H](Cc1c[nH]c2ccccc12)NC(=O)[C@H](CSC)NC(=O)[C@H](CC(C)C)NC(=O)CN. The Labute approximate surface area is 209 Å². The second kappa shape index (κ2) is 13.7. The molecule has 2 aromatic rings. The van der Waals surface area contributed by atoms with Gasteiger partial charge < -0.3 is 32.0 Å². The molecule has 0 radical (unpaired) electrons. The molecule has 192 valence electrons. The molecule has 1 aromatic heterocycles. The van der Waals surface area contributed by atoms with Gasteiger partial charge in [-0.2, -0.15) is 11.8 Å². The van der Waals surface area contributed by atoms with Crippen LogP contribution >= 0.6 is 11.8 Å². The molecule has 11 heteroatoms. The second-order valence-corrected chi connectivity index (χ2v) is 9.62. The van der Waals surface area contributed by atoms with E-state index in [1.54, 1.807) is 0 Å². The molecule has 0 unspecified atom stereocenters. The summed E-state index contributed by atoms with van der Waals surface area (Å²) in [5.74, 6) is -1.31. The highest BCUT2D eigenvalue weighted by molar-refractivity contribution is 7.98. The molecule has 0 aliphatic rings. The van der Waals surface area contributed by atoms with Gasteiger partial charge in [-0.1, -0.05) is 32.0 Å². The topological polar surface area (TPSA) is 158 Å². The van der Waals surface area contributed by atoms with Crippen LogP contribution in [0.5, 0.6) is 0 Å². The van der Waals surface area contributed by atoms with Crippen LogP contribution in [0.25, 0.3) is 10.9 Å². The van der Waals surface area contributed by atoms with Crippen molar-refractivity contribution in [3.8, 4) is 0 Å². The van der Waals surface area contributed by atoms with Gasteiger partial charge in [0.05, 0.1) is 6.54 Å². The summed E-state index contributed by atoms with van der Waals surface area (Å²) in [4.78, 5) is 53.7. The number of rotatable bonds is 13. The summed E-state index contributed by atoms with van der Waals surface area (Å²) in [6, 6.07) is 5.17. The predicted octanol–water partition coefficient (Wildman–Crippen LogP) is 0.279. The Kier molecular flexibility index (Phi) is 11.1. The molecule has 0 spiro atoms. The molecule has 10 nitrogen and oxygen atoms in total. The Bertz CT molecular complexity index is 1020. The number of para-hydroxylation sites is 1. The number of fused-ring (bicyclic) bond motifs is 1. The van der Waals surface area contributed by atoms with E-state index in [9.17, 15) is 19.2 Å². The summed E-state index contributed by atoms with van der Waals surface area (Å²) in [5, 5.41) is 11.7. The minimum absolute atomic E-state index is 0.130. The summed E-state index contributed by atoms with van der Waals surface area (Å²) >= 11 is 1.38. The number of carbonyl (C=O) groups excluding carboxylic acids is 4. The number of aromatic amines is 1. The monoisotopic (exact) mass is 504 g/mol. The van der Waals surface area contributed by atoms with Crippen LogP contribution in [0.2, 0.25) is 0 Å². The van der Waals surface area contributed by atoms with Crippen molar-refractivity contribution in [1.82, 2.24) is 26.3 Å². The lowest BCUT2D eigenvalue weighted by Gasteiger charge is -2.25. The smallest absolute Gasteiger partial charge is 0.244 e. The first-order valence-corrected chi connectivity index (χ1v) is 12.9. The molecule has 4 amide bonds. The number of amides is 4. The third-order valence-corrected chi connectivity index (χ3v) is 6.16. The number of H-pyrrole nitrogens is 1. The standard InChI is InChI=1S/C24H36N6O4S/c1-14(2)9-18(28-21(31)11-25)23(33)30-20(13-35-4)24(34)29-19(22(32)26-3)10-15-12-27-17-8-6-5-7-16(15)17/h5-8,12,14,18-20,27H,9-11,13,25H2,1-4H3,(H,26,32)(H,28,31)(H,29,34)(H,30,33)/t18-,19-,20-/m0/s1. The molecule has 35 heavy (non-hydrogen) atoms. The van der Waals surface area contributed by atoms with E-state index in [1.165, 1.54) is 18.8 Å². The summed E-state index contributed by atoms with van der Waals surface area (Å²) in [6.07, 6.45) is 4.31. The third-order valence-electron chi connectivity index (χ3n) is 5.49. The van der Waals surface area contributed by atoms with E-state index in [0.717, 1.165) is 16.5 Å². The normalized spacial score (nSPS) is 13.7. The number of benzene rings is 1. The van der Waals surface area contributed by atoms with Crippen LogP contribution in [-0.4, -0.2) is 72.3 Å². The lowest BCUT2D eigenvalue weighted by atomic mass is 10.0. The molecule has 0 bridgehead atoms. The van der Waals surface area contributed by atoms with E-state index in [2.05, 4.69) is 26.3 Å². The number of nitrogens with one attached hydrogen (secondary N) is 5. The van der Waals surface area contributed by atoms with Gasteiger partial charge in [0.25, 0.3) is 0 Å². The largest absolute Gasteiger partial charge is 0.361 e. The molecular weight excluding hydrogens is 468 g/mol. The molecule has 2 rings (SSSR count). The van der Waals surface area contributed by atoms with Gasteiger partial charge in [0.2, 0.25) is 23.6 Å². The minimum atomic E-state index is -0.892. The Morgan fingerprint density at radius 1 is 0.971 bits per heavy atom.